The lowest BCUT2D eigenvalue weighted by Gasteiger charge is -2.29. The molecule has 1 fully saturated rings. The molecule has 0 amide bonds. The molecule has 1 aliphatic rings. The maximum atomic E-state index is 5.80. The van der Waals surface area contributed by atoms with E-state index in [2.05, 4.69) is 42.4 Å². The number of nitrogens with zero attached hydrogens (tertiary/aromatic N) is 1. The van der Waals surface area contributed by atoms with Gasteiger partial charge in [-0.2, -0.15) is 0 Å². The lowest BCUT2D eigenvalue weighted by molar-refractivity contribution is 0.226. The van der Waals surface area contributed by atoms with Gasteiger partial charge in [-0.25, -0.2) is 0 Å². The zero-order valence-electron chi connectivity index (χ0n) is 11.8. The molecular formula is C15H23N3S. The predicted octanol–water partition coefficient (Wildman–Crippen LogP) is 2.38. The highest BCUT2D eigenvalue weighted by atomic mass is 32.1. The third-order valence-electron chi connectivity index (χ3n) is 3.86. The lowest BCUT2D eigenvalue weighted by atomic mass is 9.97. The van der Waals surface area contributed by atoms with Gasteiger partial charge in [0.25, 0.3) is 0 Å². The van der Waals surface area contributed by atoms with Gasteiger partial charge in [0.05, 0.1) is 0 Å². The molecule has 0 aliphatic carbocycles. The van der Waals surface area contributed by atoms with Crippen LogP contribution in [0.5, 0.6) is 0 Å². The largest absolute Gasteiger partial charge is 0.389 e. The Morgan fingerprint density at radius 3 is 2.74 bits per heavy atom. The average Bonchev–Trinajstić information content (AvgIpc) is 2.39. The number of hydrogen-bond donors (Lipinski definition) is 2. The molecular weight excluding hydrogens is 254 g/mol. The molecule has 0 spiro atoms. The summed E-state index contributed by atoms with van der Waals surface area (Å²) in [5.74, 6) is 0.747. The maximum absolute atomic E-state index is 5.80. The molecule has 0 bridgehead atoms. The van der Waals surface area contributed by atoms with E-state index in [9.17, 15) is 0 Å². The first kappa shape index (κ1) is 14.3. The van der Waals surface area contributed by atoms with Crippen molar-refractivity contribution in [2.24, 2.45) is 11.7 Å². The van der Waals surface area contributed by atoms with E-state index in [1.807, 2.05) is 0 Å². The van der Waals surface area contributed by atoms with E-state index in [-0.39, 0.29) is 0 Å². The quantitative estimate of drug-likeness (QED) is 0.829. The van der Waals surface area contributed by atoms with Crippen LogP contribution >= 0.6 is 12.2 Å². The minimum absolute atomic E-state index is 0.467. The molecule has 104 valence electrons. The predicted molar refractivity (Wildman–Crippen MR) is 85.8 cm³/mol. The van der Waals surface area contributed by atoms with Crippen molar-refractivity contribution in [3.8, 4) is 0 Å². The summed E-state index contributed by atoms with van der Waals surface area (Å²) in [6, 6.07) is 6.23. The number of piperidine rings is 1. The highest BCUT2D eigenvalue weighted by Crippen LogP contribution is 2.20. The van der Waals surface area contributed by atoms with Crippen LogP contribution in [-0.4, -0.2) is 36.6 Å². The number of nitrogens with two attached hydrogens (primary N) is 1. The van der Waals surface area contributed by atoms with Crippen LogP contribution in [0.25, 0.3) is 0 Å². The van der Waals surface area contributed by atoms with E-state index in [0.717, 1.165) is 23.7 Å². The minimum Gasteiger partial charge on any atom is -0.389 e. The molecule has 0 unspecified atom stereocenters. The smallest absolute Gasteiger partial charge is 0.106 e. The summed E-state index contributed by atoms with van der Waals surface area (Å²) in [5.41, 5.74) is 9.01. The molecule has 0 aromatic heterocycles. The Kier molecular flexibility index (Phi) is 4.77. The first-order valence-corrected chi connectivity index (χ1v) is 7.30. The van der Waals surface area contributed by atoms with Gasteiger partial charge in [0.2, 0.25) is 0 Å². The fourth-order valence-electron chi connectivity index (χ4n) is 2.54. The van der Waals surface area contributed by atoms with Crippen LogP contribution < -0.4 is 11.1 Å². The molecule has 1 aliphatic heterocycles. The first-order chi connectivity index (χ1) is 9.06. The van der Waals surface area contributed by atoms with Crippen LogP contribution in [0, 0.1) is 12.8 Å². The second-order valence-corrected chi connectivity index (χ2v) is 5.98. The molecule has 1 aromatic carbocycles. The van der Waals surface area contributed by atoms with Crippen molar-refractivity contribution >= 4 is 22.9 Å². The van der Waals surface area contributed by atoms with E-state index >= 15 is 0 Å². The topological polar surface area (TPSA) is 41.3 Å². The van der Waals surface area contributed by atoms with Crippen LogP contribution in [-0.2, 0) is 0 Å². The molecule has 1 saturated heterocycles. The second kappa shape index (κ2) is 6.35. The van der Waals surface area contributed by atoms with Gasteiger partial charge < -0.3 is 16.0 Å². The number of benzene rings is 1. The van der Waals surface area contributed by atoms with Crippen LogP contribution in [0.1, 0.15) is 24.0 Å². The van der Waals surface area contributed by atoms with Gasteiger partial charge in [-0.1, -0.05) is 23.8 Å². The Balaban J connectivity index is 1.97. The molecule has 19 heavy (non-hydrogen) atoms. The summed E-state index contributed by atoms with van der Waals surface area (Å²) < 4.78 is 0. The lowest BCUT2D eigenvalue weighted by Crippen LogP contribution is -2.33. The fraction of sp³-hybridized carbons (Fsp3) is 0.533. The molecule has 4 heteroatoms. The van der Waals surface area contributed by atoms with E-state index < -0.39 is 0 Å². The van der Waals surface area contributed by atoms with Crippen LogP contribution in [0.15, 0.2) is 18.2 Å². The van der Waals surface area contributed by atoms with Crippen LogP contribution in [0.4, 0.5) is 5.69 Å². The second-order valence-electron chi connectivity index (χ2n) is 5.54. The average molecular weight is 277 g/mol. The summed E-state index contributed by atoms with van der Waals surface area (Å²) in [5, 5.41) is 3.52. The number of likely N-dealkylation sites (tertiary alicyclic amines) is 1. The zero-order valence-corrected chi connectivity index (χ0v) is 12.6. The van der Waals surface area contributed by atoms with Gasteiger partial charge in [0.15, 0.2) is 0 Å². The normalized spacial score (nSPS) is 17.4. The van der Waals surface area contributed by atoms with E-state index in [1.54, 1.807) is 0 Å². The molecule has 1 heterocycles. The van der Waals surface area contributed by atoms with Gasteiger partial charge in [0, 0.05) is 17.8 Å². The van der Waals surface area contributed by atoms with Crippen molar-refractivity contribution in [2.45, 2.75) is 19.8 Å². The summed E-state index contributed by atoms with van der Waals surface area (Å²) in [6.07, 6.45) is 2.52. The molecule has 0 atom stereocenters. The van der Waals surface area contributed by atoms with Gasteiger partial charge in [0.1, 0.15) is 4.99 Å². The molecule has 1 aromatic rings. The highest BCUT2D eigenvalue weighted by Gasteiger charge is 2.16. The number of rotatable bonds is 4. The molecule has 3 nitrogen and oxygen atoms in total. The SMILES string of the molecule is Cc1ccc(NCC2CCN(C)CC2)c(C(N)=S)c1. The zero-order chi connectivity index (χ0) is 13.8. The first-order valence-electron chi connectivity index (χ1n) is 6.89. The van der Waals surface area contributed by atoms with Crippen molar-refractivity contribution in [3.63, 3.8) is 0 Å². The summed E-state index contributed by atoms with van der Waals surface area (Å²) in [4.78, 5) is 2.86. The Morgan fingerprint density at radius 1 is 1.42 bits per heavy atom. The summed E-state index contributed by atoms with van der Waals surface area (Å²) >= 11 is 5.13. The van der Waals surface area contributed by atoms with Crippen molar-refractivity contribution in [3.05, 3.63) is 29.3 Å². The number of aryl methyl sites for hydroxylation is 1. The third-order valence-corrected chi connectivity index (χ3v) is 4.08. The molecule has 0 saturated carbocycles. The van der Waals surface area contributed by atoms with Gasteiger partial charge in [-0.3, -0.25) is 0 Å². The molecule has 2 rings (SSSR count). The van der Waals surface area contributed by atoms with Crippen molar-refractivity contribution < 1.29 is 0 Å². The maximum Gasteiger partial charge on any atom is 0.106 e. The Labute approximate surface area is 121 Å². The third kappa shape index (κ3) is 3.91. The van der Waals surface area contributed by atoms with Gasteiger partial charge >= 0.3 is 0 Å². The van der Waals surface area contributed by atoms with Gasteiger partial charge in [-0.15, -0.1) is 0 Å². The standard InChI is InChI=1S/C15H23N3S/c1-11-3-4-14(13(9-11)15(16)19)17-10-12-5-7-18(2)8-6-12/h3-4,9,12,17H,5-8,10H2,1-2H3,(H2,16,19). The highest BCUT2D eigenvalue weighted by molar-refractivity contribution is 7.80. The minimum atomic E-state index is 0.467. The van der Waals surface area contributed by atoms with Crippen molar-refractivity contribution in [1.82, 2.24) is 4.90 Å². The van der Waals surface area contributed by atoms with Crippen LogP contribution in [0.2, 0.25) is 0 Å². The van der Waals surface area contributed by atoms with Crippen molar-refractivity contribution in [2.75, 3.05) is 32.0 Å². The Hall–Kier alpha value is -1.13. The molecule has 3 N–H and O–H groups in total. The monoisotopic (exact) mass is 277 g/mol. The number of thiocarbonyl (C=S) groups is 1. The number of anilines is 1. The Morgan fingerprint density at radius 2 is 2.11 bits per heavy atom. The van der Waals surface area contributed by atoms with Crippen molar-refractivity contribution in [1.29, 1.82) is 0 Å². The van der Waals surface area contributed by atoms with Crippen LogP contribution in [0.3, 0.4) is 0 Å². The number of nitrogens with one attached hydrogen (secondary N) is 1. The Bertz CT molecular complexity index is 451. The molecule has 0 radical (unpaired) electrons. The van der Waals surface area contributed by atoms with E-state index in [4.69, 9.17) is 18.0 Å². The van der Waals surface area contributed by atoms with E-state index in [1.165, 1.54) is 31.5 Å². The van der Waals surface area contributed by atoms with Gasteiger partial charge in [-0.05, 0) is 58.0 Å². The summed E-state index contributed by atoms with van der Waals surface area (Å²) in [6.45, 7) is 5.46. The summed E-state index contributed by atoms with van der Waals surface area (Å²) in [7, 11) is 2.19. The van der Waals surface area contributed by atoms with E-state index in [0.29, 0.717) is 4.99 Å². The fourth-order valence-corrected chi connectivity index (χ4v) is 2.71. The number of hydrogen-bond acceptors (Lipinski definition) is 3.